The third-order valence-corrected chi connectivity index (χ3v) is 4.63. The Bertz CT molecular complexity index is 776. The molecule has 2 amide bonds. The fourth-order valence-corrected chi connectivity index (χ4v) is 2.66. The molecule has 0 aliphatic carbocycles. The summed E-state index contributed by atoms with van der Waals surface area (Å²) < 4.78 is 0. The highest BCUT2D eigenvalue weighted by Gasteiger charge is 2.38. The third kappa shape index (κ3) is 4.74. The van der Waals surface area contributed by atoms with Gasteiger partial charge in [-0.1, -0.05) is 53.5 Å². The molecule has 4 nitrogen and oxygen atoms in total. The molecule has 0 bridgehead atoms. The van der Waals surface area contributed by atoms with Gasteiger partial charge >= 0.3 is 0 Å². The summed E-state index contributed by atoms with van der Waals surface area (Å²) in [6.07, 6.45) is 0. The molecule has 0 spiro atoms. The topological polar surface area (TPSA) is 49.4 Å². The summed E-state index contributed by atoms with van der Waals surface area (Å²) in [6.45, 7) is 3.64. The van der Waals surface area contributed by atoms with Crippen molar-refractivity contribution in [1.82, 2.24) is 4.90 Å². The Morgan fingerprint density at radius 3 is 2.28 bits per heavy atom. The van der Waals surface area contributed by atoms with Gasteiger partial charge in [0.15, 0.2) is 0 Å². The summed E-state index contributed by atoms with van der Waals surface area (Å²) in [7, 11) is 1.68. The van der Waals surface area contributed by atoms with Gasteiger partial charge in [0.05, 0.1) is 10.0 Å². The number of rotatable bonds is 5. The van der Waals surface area contributed by atoms with Crippen LogP contribution in [0, 0.1) is 5.41 Å². The van der Waals surface area contributed by atoms with Crippen molar-refractivity contribution in [2.45, 2.75) is 20.4 Å². The minimum Gasteiger partial charge on any atom is -0.341 e. The molecule has 2 aromatic rings. The maximum absolute atomic E-state index is 12.7. The summed E-state index contributed by atoms with van der Waals surface area (Å²) in [5.41, 5.74) is 0.264. The third-order valence-electron chi connectivity index (χ3n) is 3.89. The molecule has 0 aliphatic heterocycles. The van der Waals surface area contributed by atoms with Gasteiger partial charge in [-0.2, -0.15) is 0 Å². The maximum Gasteiger partial charge on any atom is 0.239 e. The molecular formula is C19H20Cl2N2O2. The number of hydrogen-bond donors (Lipinski definition) is 1. The highest BCUT2D eigenvalue weighted by atomic mass is 35.5. The van der Waals surface area contributed by atoms with Crippen molar-refractivity contribution in [3.63, 3.8) is 0 Å². The Morgan fingerprint density at radius 2 is 1.68 bits per heavy atom. The number of carbonyl (C=O) groups is 2. The van der Waals surface area contributed by atoms with E-state index < -0.39 is 11.3 Å². The quantitative estimate of drug-likeness (QED) is 0.771. The first-order chi connectivity index (χ1) is 11.7. The van der Waals surface area contributed by atoms with Gasteiger partial charge in [0, 0.05) is 19.3 Å². The first-order valence-electron chi connectivity index (χ1n) is 7.78. The molecule has 2 rings (SSSR count). The van der Waals surface area contributed by atoms with Crippen molar-refractivity contribution in [1.29, 1.82) is 0 Å². The zero-order chi connectivity index (χ0) is 18.6. The molecule has 6 heteroatoms. The summed E-state index contributed by atoms with van der Waals surface area (Å²) in [6, 6.07) is 14.4. The van der Waals surface area contributed by atoms with Crippen molar-refractivity contribution in [3.8, 4) is 0 Å². The van der Waals surface area contributed by atoms with Crippen LogP contribution in [0.15, 0.2) is 48.5 Å². The van der Waals surface area contributed by atoms with Crippen molar-refractivity contribution in [2.24, 2.45) is 5.41 Å². The van der Waals surface area contributed by atoms with Crippen LogP contribution in [-0.4, -0.2) is 23.8 Å². The highest BCUT2D eigenvalue weighted by molar-refractivity contribution is 6.42. The van der Waals surface area contributed by atoms with Crippen molar-refractivity contribution >= 4 is 40.7 Å². The predicted molar refractivity (Wildman–Crippen MR) is 102 cm³/mol. The number of hydrogen-bond acceptors (Lipinski definition) is 2. The van der Waals surface area contributed by atoms with Gasteiger partial charge in [-0.25, -0.2) is 0 Å². The lowest BCUT2D eigenvalue weighted by Crippen LogP contribution is -2.45. The second kappa shape index (κ2) is 7.89. The van der Waals surface area contributed by atoms with E-state index in [-0.39, 0.29) is 5.91 Å². The fraction of sp³-hybridized carbons (Fsp3) is 0.263. The summed E-state index contributed by atoms with van der Waals surface area (Å²) in [5.74, 6) is -0.676. The number of benzene rings is 2. The van der Waals surface area contributed by atoms with E-state index in [1.54, 1.807) is 44.0 Å². The molecule has 2 aromatic carbocycles. The Morgan fingerprint density at radius 1 is 1.04 bits per heavy atom. The summed E-state index contributed by atoms with van der Waals surface area (Å²) >= 11 is 11.8. The number of nitrogens with one attached hydrogen (secondary N) is 1. The Kier molecular flexibility index (Phi) is 6.09. The van der Waals surface area contributed by atoms with E-state index in [2.05, 4.69) is 5.32 Å². The summed E-state index contributed by atoms with van der Waals surface area (Å²) in [5, 5.41) is 3.46. The number of anilines is 1. The van der Waals surface area contributed by atoms with E-state index in [0.29, 0.717) is 22.3 Å². The van der Waals surface area contributed by atoms with Crippen LogP contribution in [0.25, 0.3) is 0 Å². The number of carbonyl (C=O) groups excluding carboxylic acids is 2. The van der Waals surface area contributed by atoms with Crippen LogP contribution in [0.1, 0.15) is 19.4 Å². The number of amides is 2. The number of nitrogens with zero attached hydrogens (tertiary/aromatic N) is 1. The molecule has 0 unspecified atom stereocenters. The van der Waals surface area contributed by atoms with Gasteiger partial charge in [0.1, 0.15) is 5.41 Å². The van der Waals surface area contributed by atoms with Crippen LogP contribution in [0.3, 0.4) is 0 Å². The second-order valence-electron chi connectivity index (χ2n) is 6.35. The lowest BCUT2D eigenvalue weighted by atomic mass is 9.90. The van der Waals surface area contributed by atoms with Gasteiger partial charge in [-0.3, -0.25) is 9.59 Å². The van der Waals surface area contributed by atoms with Crippen LogP contribution in [0.5, 0.6) is 0 Å². The van der Waals surface area contributed by atoms with E-state index >= 15 is 0 Å². The zero-order valence-corrected chi connectivity index (χ0v) is 15.9. The Hall–Kier alpha value is -2.04. The lowest BCUT2D eigenvalue weighted by molar-refractivity contribution is -0.145. The molecule has 1 N–H and O–H groups in total. The normalized spacial score (nSPS) is 11.1. The number of halogens is 2. The minimum absolute atomic E-state index is 0.270. The van der Waals surface area contributed by atoms with Gasteiger partial charge in [0.2, 0.25) is 11.8 Å². The Balaban J connectivity index is 2.08. The van der Waals surface area contributed by atoms with Gasteiger partial charge < -0.3 is 10.2 Å². The molecule has 0 heterocycles. The smallest absolute Gasteiger partial charge is 0.239 e. The molecule has 0 saturated carbocycles. The van der Waals surface area contributed by atoms with Crippen LogP contribution >= 0.6 is 23.2 Å². The average Bonchev–Trinajstić information content (AvgIpc) is 2.58. The monoisotopic (exact) mass is 378 g/mol. The highest BCUT2D eigenvalue weighted by Crippen LogP contribution is 2.27. The van der Waals surface area contributed by atoms with Gasteiger partial charge in [-0.15, -0.1) is 0 Å². The van der Waals surface area contributed by atoms with Crippen molar-refractivity contribution in [3.05, 3.63) is 64.1 Å². The molecule has 25 heavy (non-hydrogen) atoms. The molecule has 0 aromatic heterocycles. The maximum atomic E-state index is 12.7. The molecule has 0 aliphatic rings. The first kappa shape index (κ1) is 19.3. The lowest BCUT2D eigenvalue weighted by Gasteiger charge is -2.28. The van der Waals surface area contributed by atoms with Crippen molar-refractivity contribution < 1.29 is 9.59 Å². The molecule has 0 atom stereocenters. The van der Waals surface area contributed by atoms with E-state index in [4.69, 9.17) is 23.2 Å². The van der Waals surface area contributed by atoms with E-state index in [9.17, 15) is 9.59 Å². The van der Waals surface area contributed by atoms with Crippen LogP contribution in [0.2, 0.25) is 10.0 Å². The predicted octanol–water partition coefficient (Wildman–Crippen LogP) is 4.62. The molecular weight excluding hydrogens is 359 g/mol. The van der Waals surface area contributed by atoms with Crippen molar-refractivity contribution in [2.75, 3.05) is 12.4 Å². The standard InChI is InChI=1S/C19H20Cl2N2O2/c1-19(2,17(24)22-14-9-10-15(20)16(21)11-14)18(25)23(3)12-13-7-5-4-6-8-13/h4-11H,12H2,1-3H3,(H,22,24). The first-order valence-corrected chi connectivity index (χ1v) is 8.53. The summed E-state index contributed by atoms with van der Waals surface area (Å²) in [4.78, 5) is 26.9. The molecule has 0 saturated heterocycles. The van der Waals surface area contributed by atoms with E-state index in [1.807, 2.05) is 30.3 Å². The van der Waals surface area contributed by atoms with Crippen LogP contribution < -0.4 is 5.32 Å². The molecule has 132 valence electrons. The van der Waals surface area contributed by atoms with E-state index in [1.165, 1.54) is 0 Å². The largest absolute Gasteiger partial charge is 0.341 e. The minimum atomic E-state index is -1.23. The molecule has 0 fully saturated rings. The fourth-order valence-electron chi connectivity index (χ4n) is 2.36. The van der Waals surface area contributed by atoms with Gasteiger partial charge in [-0.05, 0) is 37.6 Å². The van der Waals surface area contributed by atoms with E-state index in [0.717, 1.165) is 5.56 Å². The molecule has 0 radical (unpaired) electrons. The van der Waals surface area contributed by atoms with Crippen LogP contribution in [0.4, 0.5) is 5.69 Å². The van der Waals surface area contributed by atoms with Crippen LogP contribution in [-0.2, 0) is 16.1 Å². The van der Waals surface area contributed by atoms with Gasteiger partial charge in [0.25, 0.3) is 0 Å². The Labute approximate surface area is 157 Å². The zero-order valence-electron chi connectivity index (χ0n) is 14.3. The average molecular weight is 379 g/mol. The SMILES string of the molecule is CN(Cc1ccccc1)C(=O)C(C)(C)C(=O)Nc1ccc(Cl)c(Cl)c1. The second-order valence-corrected chi connectivity index (χ2v) is 7.17.